The average molecular weight is 320 g/mol. The molecule has 1 aromatic rings. The number of rotatable bonds is 2. The number of amides is 2. The smallest absolute Gasteiger partial charge is 0.418 e. The topological polar surface area (TPSA) is 69.6 Å². The fourth-order valence-electron chi connectivity index (χ4n) is 1.87. The van der Waals surface area contributed by atoms with Crippen LogP contribution in [0.5, 0.6) is 0 Å². The summed E-state index contributed by atoms with van der Waals surface area (Å²) in [6.07, 6.45) is -4.60. The molecule has 0 aliphatic carbocycles. The van der Waals surface area contributed by atoms with E-state index in [-0.39, 0.29) is 11.6 Å². The van der Waals surface area contributed by atoms with Crippen molar-refractivity contribution < 1.29 is 27.9 Å². The van der Waals surface area contributed by atoms with Crippen molar-refractivity contribution in [3.8, 4) is 0 Å². The summed E-state index contributed by atoms with van der Waals surface area (Å²) in [7, 11) is 0. The van der Waals surface area contributed by atoms with E-state index in [4.69, 9.17) is 5.11 Å². The third kappa shape index (κ3) is 3.41. The molecule has 0 radical (unpaired) electrons. The molecule has 1 fully saturated rings. The highest BCUT2D eigenvalue weighted by Crippen LogP contribution is 2.35. The number of carboxylic acid groups (broad SMARTS) is 1. The summed E-state index contributed by atoms with van der Waals surface area (Å²) in [6.45, 7) is 0. The van der Waals surface area contributed by atoms with Crippen LogP contribution in [-0.2, 0) is 11.0 Å². The third-order valence-corrected chi connectivity index (χ3v) is 3.91. The van der Waals surface area contributed by atoms with Gasteiger partial charge in [0.05, 0.1) is 17.1 Å². The van der Waals surface area contributed by atoms with Crippen LogP contribution in [0.2, 0.25) is 0 Å². The number of carbonyl (C=O) groups is 2. The highest BCUT2D eigenvalue weighted by atomic mass is 32.2. The zero-order valence-electron chi connectivity index (χ0n) is 10.6. The van der Waals surface area contributed by atoms with Crippen LogP contribution in [0.25, 0.3) is 0 Å². The molecule has 1 atom stereocenters. The number of carboxylic acids is 1. The SMILES string of the molecule is O=C(O)C1CSCN1C(=O)Nc1ccccc1C(F)(F)F. The Morgan fingerprint density at radius 3 is 2.62 bits per heavy atom. The lowest BCUT2D eigenvalue weighted by molar-refractivity contribution is -0.141. The number of hydrogen-bond acceptors (Lipinski definition) is 3. The van der Waals surface area contributed by atoms with Gasteiger partial charge >= 0.3 is 18.2 Å². The first-order valence-electron chi connectivity index (χ1n) is 5.85. The van der Waals surface area contributed by atoms with Gasteiger partial charge in [0, 0.05) is 5.75 Å². The Morgan fingerprint density at radius 1 is 1.33 bits per heavy atom. The molecular weight excluding hydrogens is 309 g/mol. The predicted octanol–water partition coefficient (Wildman–Crippen LogP) is 2.70. The lowest BCUT2D eigenvalue weighted by Crippen LogP contribution is -2.44. The number of carbonyl (C=O) groups excluding carboxylic acids is 1. The third-order valence-electron chi connectivity index (χ3n) is 2.90. The molecule has 1 aliphatic heterocycles. The van der Waals surface area contributed by atoms with E-state index in [2.05, 4.69) is 5.32 Å². The van der Waals surface area contributed by atoms with E-state index in [1.54, 1.807) is 0 Å². The van der Waals surface area contributed by atoms with Crippen molar-refractivity contribution in [3.05, 3.63) is 29.8 Å². The minimum atomic E-state index is -4.60. The molecule has 1 heterocycles. The molecule has 9 heteroatoms. The first-order valence-corrected chi connectivity index (χ1v) is 7.00. The number of para-hydroxylation sites is 1. The summed E-state index contributed by atoms with van der Waals surface area (Å²) >= 11 is 1.23. The largest absolute Gasteiger partial charge is 0.480 e. The zero-order valence-corrected chi connectivity index (χ0v) is 11.4. The van der Waals surface area contributed by atoms with E-state index in [1.165, 1.54) is 23.9 Å². The second kappa shape index (κ2) is 5.84. The number of aliphatic carboxylic acids is 1. The van der Waals surface area contributed by atoms with E-state index in [0.29, 0.717) is 0 Å². The lowest BCUT2D eigenvalue weighted by Gasteiger charge is -2.22. The average Bonchev–Trinajstić information content (AvgIpc) is 2.87. The summed E-state index contributed by atoms with van der Waals surface area (Å²) in [5.74, 6) is -0.847. The molecule has 1 aliphatic rings. The molecule has 2 N–H and O–H groups in total. The van der Waals surface area contributed by atoms with Crippen LogP contribution in [-0.4, -0.2) is 39.7 Å². The number of alkyl halides is 3. The van der Waals surface area contributed by atoms with Crippen LogP contribution < -0.4 is 5.32 Å². The Morgan fingerprint density at radius 2 is 2.00 bits per heavy atom. The Hall–Kier alpha value is -1.90. The minimum Gasteiger partial charge on any atom is -0.480 e. The van der Waals surface area contributed by atoms with Crippen LogP contribution in [0.15, 0.2) is 24.3 Å². The van der Waals surface area contributed by atoms with Gasteiger partial charge in [-0.25, -0.2) is 9.59 Å². The standard InChI is InChI=1S/C12H11F3N2O3S/c13-12(14,15)7-3-1-2-4-8(7)16-11(20)17-6-21-5-9(17)10(18)19/h1-4,9H,5-6H2,(H,16,20)(H,18,19). The highest BCUT2D eigenvalue weighted by molar-refractivity contribution is 7.99. The molecule has 5 nitrogen and oxygen atoms in total. The van der Waals surface area contributed by atoms with Gasteiger partial charge in [-0.05, 0) is 12.1 Å². The molecule has 0 bridgehead atoms. The normalized spacial score (nSPS) is 18.6. The Kier molecular flexibility index (Phi) is 4.31. The molecule has 21 heavy (non-hydrogen) atoms. The molecule has 0 aromatic heterocycles. The van der Waals surface area contributed by atoms with Crippen molar-refractivity contribution in [3.63, 3.8) is 0 Å². The summed E-state index contributed by atoms with van der Waals surface area (Å²) in [6, 6.07) is 2.66. The Balaban J connectivity index is 2.19. The second-order valence-corrected chi connectivity index (χ2v) is 5.30. The molecule has 0 saturated carbocycles. The second-order valence-electron chi connectivity index (χ2n) is 4.30. The molecule has 1 unspecified atom stereocenters. The van der Waals surface area contributed by atoms with Crippen LogP contribution in [0.4, 0.5) is 23.7 Å². The zero-order chi connectivity index (χ0) is 15.6. The van der Waals surface area contributed by atoms with Gasteiger partial charge < -0.3 is 15.3 Å². The molecule has 2 rings (SSSR count). The summed E-state index contributed by atoms with van der Waals surface area (Å²) < 4.78 is 38.5. The van der Waals surface area contributed by atoms with Gasteiger partial charge in [-0.1, -0.05) is 12.1 Å². The van der Waals surface area contributed by atoms with Crippen molar-refractivity contribution in [1.29, 1.82) is 0 Å². The Labute approximate surface area is 122 Å². The number of hydrogen-bond donors (Lipinski definition) is 2. The number of nitrogens with zero attached hydrogens (tertiary/aromatic N) is 1. The van der Waals surface area contributed by atoms with E-state index >= 15 is 0 Å². The first kappa shape index (κ1) is 15.5. The monoisotopic (exact) mass is 320 g/mol. The molecule has 114 valence electrons. The van der Waals surface area contributed by atoms with Gasteiger partial charge in [0.1, 0.15) is 6.04 Å². The fraction of sp³-hybridized carbons (Fsp3) is 0.333. The summed E-state index contributed by atoms with van der Waals surface area (Å²) in [5.41, 5.74) is -1.37. The molecule has 0 spiro atoms. The lowest BCUT2D eigenvalue weighted by atomic mass is 10.1. The maximum Gasteiger partial charge on any atom is 0.418 e. The van der Waals surface area contributed by atoms with Crippen molar-refractivity contribution in [2.75, 3.05) is 16.9 Å². The van der Waals surface area contributed by atoms with Gasteiger partial charge in [0.25, 0.3) is 0 Å². The van der Waals surface area contributed by atoms with Gasteiger partial charge in [-0.2, -0.15) is 13.2 Å². The number of anilines is 1. The van der Waals surface area contributed by atoms with E-state index in [0.717, 1.165) is 17.0 Å². The minimum absolute atomic E-state index is 0.122. The van der Waals surface area contributed by atoms with E-state index in [9.17, 15) is 22.8 Å². The van der Waals surface area contributed by atoms with Gasteiger partial charge in [-0.15, -0.1) is 11.8 Å². The number of nitrogens with one attached hydrogen (secondary N) is 1. The molecule has 1 saturated heterocycles. The molecular formula is C12H11F3N2O3S. The van der Waals surface area contributed by atoms with Crippen LogP contribution in [0.3, 0.4) is 0 Å². The van der Waals surface area contributed by atoms with Crippen molar-refractivity contribution in [2.24, 2.45) is 0 Å². The van der Waals surface area contributed by atoms with E-state index in [1.807, 2.05) is 0 Å². The number of urea groups is 1. The van der Waals surface area contributed by atoms with Crippen molar-refractivity contribution >= 4 is 29.4 Å². The number of benzene rings is 1. The summed E-state index contributed by atoms with van der Waals surface area (Å²) in [5, 5.41) is 11.1. The van der Waals surface area contributed by atoms with Gasteiger partial charge in [0.15, 0.2) is 0 Å². The number of halogens is 3. The predicted molar refractivity (Wildman–Crippen MR) is 71.1 cm³/mol. The molecule has 1 aromatic carbocycles. The number of thioether (sulfide) groups is 1. The quantitative estimate of drug-likeness (QED) is 0.879. The van der Waals surface area contributed by atoms with Gasteiger partial charge in [0.2, 0.25) is 0 Å². The molecule has 2 amide bonds. The van der Waals surface area contributed by atoms with Crippen molar-refractivity contribution in [2.45, 2.75) is 12.2 Å². The van der Waals surface area contributed by atoms with Crippen LogP contribution in [0.1, 0.15) is 5.56 Å². The summed E-state index contributed by atoms with van der Waals surface area (Å²) in [4.78, 5) is 24.0. The van der Waals surface area contributed by atoms with Crippen molar-refractivity contribution in [1.82, 2.24) is 4.90 Å². The maximum atomic E-state index is 12.8. The van der Waals surface area contributed by atoms with Crippen LogP contribution >= 0.6 is 11.8 Å². The van der Waals surface area contributed by atoms with Crippen LogP contribution in [0, 0.1) is 0 Å². The maximum absolute atomic E-state index is 12.8. The highest BCUT2D eigenvalue weighted by Gasteiger charge is 2.37. The first-order chi connectivity index (χ1) is 9.80. The van der Waals surface area contributed by atoms with Gasteiger partial charge in [-0.3, -0.25) is 0 Å². The van der Waals surface area contributed by atoms with E-state index < -0.39 is 35.5 Å². The fourth-order valence-corrected chi connectivity index (χ4v) is 3.02. The Bertz CT molecular complexity index is 565.